The van der Waals surface area contributed by atoms with Gasteiger partial charge in [-0.2, -0.15) is 0 Å². The number of hydrogen-bond donors (Lipinski definition) is 2. The zero-order valence-electron chi connectivity index (χ0n) is 16.0. The molecule has 0 radical (unpaired) electrons. The molecular weight excluding hydrogens is 332 g/mol. The molecule has 2 aromatic heterocycles. The summed E-state index contributed by atoms with van der Waals surface area (Å²) in [7, 11) is 0. The fourth-order valence-electron chi connectivity index (χ4n) is 3.05. The van der Waals surface area contributed by atoms with E-state index in [0.29, 0.717) is 11.1 Å². The van der Waals surface area contributed by atoms with Gasteiger partial charge in [-0.05, 0) is 24.8 Å². The van der Waals surface area contributed by atoms with Crippen molar-refractivity contribution in [3.05, 3.63) is 33.1 Å². The van der Waals surface area contributed by atoms with Crippen molar-refractivity contribution in [2.24, 2.45) is 5.92 Å². The first-order valence-electron chi connectivity index (χ1n) is 9.21. The Kier molecular flexibility index (Phi) is 6.71. The molecule has 0 unspecified atom stereocenters. The molecule has 0 aromatic carbocycles. The van der Waals surface area contributed by atoms with Crippen LogP contribution in [0.3, 0.4) is 0 Å². The molecule has 142 valence electrons. The molecule has 1 fully saturated rings. The first-order chi connectivity index (χ1) is 12.3. The molecule has 3 rings (SSSR count). The Hall–Kier alpha value is -2.44. The molecule has 1 aliphatic carbocycles. The summed E-state index contributed by atoms with van der Waals surface area (Å²) >= 11 is 0. The fourth-order valence-corrected chi connectivity index (χ4v) is 3.05. The summed E-state index contributed by atoms with van der Waals surface area (Å²) in [5, 5.41) is 2.91. The van der Waals surface area contributed by atoms with Crippen LogP contribution < -0.4 is 16.6 Å². The van der Waals surface area contributed by atoms with Gasteiger partial charge in [-0.1, -0.05) is 40.0 Å². The Morgan fingerprint density at radius 1 is 1.23 bits per heavy atom. The molecule has 2 aromatic rings. The van der Waals surface area contributed by atoms with Crippen molar-refractivity contribution in [3.8, 4) is 0 Å². The van der Waals surface area contributed by atoms with E-state index in [-0.39, 0.29) is 23.2 Å². The van der Waals surface area contributed by atoms with Gasteiger partial charge >= 0.3 is 5.69 Å². The monoisotopic (exact) mass is 360 g/mol. The van der Waals surface area contributed by atoms with E-state index in [1.165, 1.54) is 17.7 Å². The highest BCUT2D eigenvalue weighted by molar-refractivity contribution is 5.90. The summed E-state index contributed by atoms with van der Waals surface area (Å²) in [5.41, 5.74) is -0.0648. The third-order valence-corrected chi connectivity index (χ3v) is 4.04. The Morgan fingerprint density at radius 2 is 1.85 bits per heavy atom. The van der Waals surface area contributed by atoms with Gasteiger partial charge < -0.3 is 5.32 Å². The molecule has 0 atom stereocenters. The molecule has 0 saturated heterocycles. The van der Waals surface area contributed by atoms with Gasteiger partial charge in [0, 0.05) is 13.0 Å². The number of aromatic amines is 1. The van der Waals surface area contributed by atoms with Crippen LogP contribution in [-0.2, 0) is 4.79 Å². The smallest absolute Gasteiger partial charge is 0.325 e. The van der Waals surface area contributed by atoms with Crippen LogP contribution in [0, 0.1) is 5.92 Å². The summed E-state index contributed by atoms with van der Waals surface area (Å²) in [6.45, 7) is 7.89. The number of carbonyl (C=O) groups excluding carboxylic acids is 1. The highest BCUT2D eigenvalue weighted by atomic mass is 16.2. The van der Waals surface area contributed by atoms with Gasteiger partial charge in [-0.15, -0.1) is 0 Å². The van der Waals surface area contributed by atoms with Gasteiger partial charge in [0.1, 0.15) is 5.65 Å². The number of pyridine rings is 1. The summed E-state index contributed by atoms with van der Waals surface area (Å²) < 4.78 is 1.31. The zero-order valence-corrected chi connectivity index (χ0v) is 16.0. The lowest BCUT2D eigenvalue weighted by molar-refractivity contribution is -0.114. The zero-order chi connectivity index (χ0) is 19.3. The third kappa shape index (κ3) is 5.03. The van der Waals surface area contributed by atoms with E-state index in [1.54, 1.807) is 6.07 Å². The Labute approximate surface area is 152 Å². The van der Waals surface area contributed by atoms with E-state index in [2.05, 4.69) is 36.1 Å². The van der Waals surface area contributed by atoms with Gasteiger partial charge in [0.2, 0.25) is 5.91 Å². The Bertz CT molecular complexity index is 874. The van der Waals surface area contributed by atoms with Crippen LogP contribution in [0.5, 0.6) is 0 Å². The average Bonchev–Trinajstić information content (AvgIpc) is 2.55. The summed E-state index contributed by atoms with van der Waals surface area (Å²) in [6.07, 6.45) is 6.30. The molecule has 7 nitrogen and oxygen atoms in total. The van der Waals surface area contributed by atoms with E-state index in [9.17, 15) is 14.4 Å². The minimum Gasteiger partial charge on any atom is -0.325 e. The number of H-pyrrole nitrogens is 1. The maximum atomic E-state index is 12.7. The molecule has 1 saturated carbocycles. The van der Waals surface area contributed by atoms with Crippen LogP contribution in [0.15, 0.2) is 21.9 Å². The SMILES string of the molecule is CC(=O)Nc1cnc2[nH]c(=O)n(C3CCCCC3)c(=O)c2c1.CC(C)C. The number of rotatable bonds is 2. The second-order valence-corrected chi connectivity index (χ2v) is 7.43. The molecule has 0 spiro atoms. The van der Waals surface area contributed by atoms with E-state index in [1.807, 2.05) is 0 Å². The van der Waals surface area contributed by atoms with E-state index in [4.69, 9.17) is 0 Å². The molecule has 1 aliphatic rings. The van der Waals surface area contributed by atoms with E-state index >= 15 is 0 Å². The number of amides is 1. The molecule has 0 aliphatic heterocycles. The molecule has 0 bridgehead atoms. The second kappa shape index (κ2) is 8.78. The van der Waals surface area contributed by atoms with Crippen molar-refractivity contribution >= 4 is 22.6 Å². The first kappa shape index (κ1) is 19.9. The summed E-state index contributed by atoms with van der Waals surface area (Å²) in [5.74, 6) is 0.596. The Balaban J connectivity index is 0.000000552. The van der Waals surface area contributed by atoms with Crippen molar-refractivity contribution in [3.63, 3.8) is 0 Å². The highest BCUT2D eigenvalue weighted by Crippen LogP contribution is 2.26. The van der Waals surface area contributed by atoms with E-state index in [0.717, 1.165) is 38.0 Å². The first-order valence-corrected chi connectivity index (χ1v) is 9.21. The van der Waals surface area contributed by atoms with Gasteiger partial charge in [0.05, 0.1) is 17.3 Å². The number of nitrogens with zero attached hydrogens (tertiary/aromatic N) is 2. The van der Waals surface area contributed by atoms with Crippen LogP contribution >= 0.6 is 0 Å². The average molecular weight is 360 g/mol. The summed E-state index contributed by atoms with van der Waals surface area (Å²) in [4.78, 5) is 42.7. The van der Waals surface area contributed by atoms with Gasteiger partial charge in [0.15, 0.2) is 0 Å². The second-order valence-electron chi connectivity index (χ2n) is 7.43. The number of fused-ring (bicyclic) bond motifs is 1. The number of carbonyl (C=O) groups is 1. The normalized spacial score (nSPS) is 14.8. The fraction of sp³-hybridized carbons (Fsp3) is 0.579. The van der Waals surface area contributed by atoms with Crippen LogP contribution in [-0.4, -0.2) is 20.4 Å². The molecular formula is C19H28N4O3. The van der Waals surface area contributed by atoms with Gasteiger partial charge in [0.25, 0.3) is 5.56 Å². The topological polar surface area (TPSA) is 96.8 Å². The van der Waals surface area contributed by atoms with Crippen LogP contribution in [0.1, 0.15) is 65.8 Å². The van der Waals surface area contributed by atoms with Crippen molar-refractivity contribution in [1.82, 2.24) is 14.5 Å². The maximum absolute atomic E-state index is 12.7. The minimum atomic E-state index is -0.413. The molecule has 1 amide bonds. The Morgan fingerprint density at radius 3 is 2.42 bits per heavy atom. The lowest BCUT2D eigenvalue weighted by atomic mass is 9.95. The van der Waals surface area contributed by atoms with Crippen molar-refractivity contribution in [1.29, 1.82) is 0 Å². The molecule has 2 heterocycles. The van der Waals surface area contributed by atoms with Crippen molar-refractivity contribution in [2.45, 2.75) is 65.8 Å². The molecule has 26 heavy (non-hydrogen) atoms. The number of hydrogen-bond acceptors (Lipinski definition) is 4. The number of aromatic nitrogens is 3. The standard InChI is InChI=1S/C15H18N4O3.C4H10/c1-9(20)17-10-7-12-13(16-8-10)18-15(22)19(14(12)21)11-5-3-2-4-6-11;1-4(2)3/h7-8,11H,2-6H2,1H3,(H,17,20)(H,16,18,22);4H,1-3H3. The van der Waals surface area contributed by atoms with Crippen LogP contribution in [0.2, 0.25) is 0 Å². The minimum absolute atomic E-state index is 0.0566. The number of nitrogens with one attached hydrogen (secondary N) is 2. The quantitative estimate of drug-likeness (QED) is 0.859. The van der Waals surface area contributed by atoms with Gasteiger partial charge in [-0.3, -0.25) is 19.1 Å². The van der Waals surface area contributed by atoms with Crippen LogP contribution in [0.25, 0.3) is 11.0 Å². The predicted octanol–water partition coefficient (Wildman–Crippen LogP) is 3.21. The van der Waals surface area contributed by atoms with Gasteiger partial charge in [-0.25, -0.2) is 9.78 Å². The number of anilines is 1. The highest BCUT2D eigenvalue weighted by Gasteiger charge is 2.20. The largest absolute Gasteiger partial charge is 0.330 e. The lowest BCUT2D eigenvalue weighted by Gasteiger charge is -2.23. The van der Waals surface area contributed by atoms with E-state index < -0.39 is 5.69 Å². The summed E-state index contributed by atoms with van der Waals surface area (Å²) in [6, 6.07) is 1.50. The molecule has 2 N–H and O–H groups in total. The maximum Gasteiger partial charge on any atom is 0.330 e. The third-order valence-electron chi connectivity index (χ3n) is 4.04. The van der Waals surface area contributed by atoms with Crippen molar-refractivity contribution in [2.75, 3.05) is 5.32 Å². The molecule has 7 heteroatoms. The van der Waals surface area contributed by atoms with Crippen LogP contribution in [0.4, 0.5) is 5.69 Å². The lowest BCUT2D eigenvalue weighted by Crippen LogP contribution is -2.39. The van der Waals surface area contributed by atoms with Crippen molar-refractivity contribution < 1.29 is 4.79 Å². The predicted molar refractivity (Wildman–Crippen MR) is 104 cm³/mol.